The molecule has 1 aliphatic heterocycles. The van der Waals surface area contributed by atoms with Gasteiger partial charge in [0.15, 0.2) is 23.3 Å². The monoisotopic (exact) mass is 285 g/mol. The molecule has 4 nitrogen and oxygen atoms in total. The Morgan fingerprint density at radius 2 is 1.95 bits per heavy atom. The lowest BCUT2D eigenvalue weighted by atomic mass is 10.1. The van der Waals surface area contributed by atoms with Gasteiger partial charge in [-0.2, -0.15) is 0 Å². The number of pyridine rings is 1. The van der Waals surface area contributed by atoms with Crippen LogP contribution in [0.4, 0.5) is 20.4 Å². The lowest BCUT2D eigenvalue weighted by Crippen LogP contribution is -2.13. The van der Waals surface area contributed by atoms with E-state index in [2.05, 4.69) is 15.6 Å². The molecule has 0 aliphatic carbocycles. The van der Waals surface area contributed by atoms with Gasteiger partial charge in [0.25, 0.3) is 0 Å². The number of nitrogens with zero attached hydrogens (tertiary/aromatic N) is 1. The predicted octanol–water partition coefficient (Wildman–Crippen LogP) is 3.02. The van der Waals surface area contributed by atoms with Crippen LogP contribution in [0.2, 0.25) is 0 Å². The summed E-state index contributed by atoms with van der Waals surface area (Å²) in [5.41, 5.74) is 0. The highest BCUT2D eigenvalue weighted by Crippen LogP contribution is 2.20. The van der Waals surface area contributed by atoms with Gasteiger partial charge in [-0.3, -0.25) is 0 Å². The van der Waals surface area contributed by atoms with Crippen LogP contribution in [-0.4, -0.2) is 31.3 Å². The number of ether oxygens (including phenoxy) is 1. The number of anilines is 2. The van der Waals surface area contributed by atoms with E-state index in [1.807, 2.05) is 6.92 Å². The van der Waals surface area contributed by atoms with E-state index >= 15 is 0 Å². The van der Waals surface area contributed by atoms with Gasteiger partial charge < -0.3 is 15.4 Å². The molecular weight excluding hydrogens is 264 g/mol. The fraction of sp³-hybridized carbons (Fsp3) is 0.643. The molecule has 0 saturated carbocycles. The van der Waals surface area contributed by atoms with E-state index in [9.17, 15) is 8.78 Å². The van der Waals surface area contributed by atoms with Gasteiger partial charge in [-0.25, -0.2) is 13.8 Å². The number of halogens is 2. The standard InChI is InChI=1S/C14H21F2N3O/c1-2-5-17-13-11(15)8-12(16)14(19-13)18-6-3-10-4-7-20-9-10/h8,10H,2-7,9H2,1H3,(H2,17,18,19). The molecule has 0 bridgehead atoms. The second-order valence-electron chi connectivity index (χ2n) is 5.02. The lowest BCUT2D eigenvalue weighted by Gasteiger charge is -2.12. The molecule has 20 heavy (non-hydrogen) atoms. The molecule has 2 heterocycles. The normalized spacial score (nSPS) is 18.2. The Morgan fingerprint density at radius 3 is 2.55 bits per heavy atom. The number of rotatable bonds is 7. The fourth-order valence-corrected chi connectivity index (χ4v) is 2.16. The van der Waals surface area contributed by atoms with Gasteiger partial charge >= 0.3 is 0 Å². The van der Waals surface area contributed by atoms with Crippen molar-refractivity contribution in [2.45, 2.75) is 26.2 Å². The summed E-state index contributed by atoms with van der Waals surface area (Å²) < 4.78 is 32.4. The average molecular weight is 285 g/mol. The van der Waals surface area contributed by atoms with E-state index in [1.165, 1.54) is 0 Å². The maximum Gasteiger partial charge on any atom is 0.168 e. The smallest absolute Gasteiger partial charge is 0.168 e. The Hall–Kier alpha value is -1.43. The maximum absolute atomic E-state index is 13.6. The Morgan fingerprint density at radius 1 is 1.25 bits per heavy atom. The minimum atomic E-state index is -0.661. The summed E-state index contributed by atoms with van der Waals surface area (Å²) in [6.45, 7) is 4.76. The molecule has 1 aromatic heterocycles. The minimum Gasteiger partial charge on any atom is -0.381 e. The van der Waals surface area contributed by atoms with Crippen LogP contribution >= 0.6 is 0 Å². The molecule has 2 N–H and O–H groups in total. The predicted molar refractivity (Wildman–Crippen MR) is 75.0 cm³/mol. The topological polar surface area (TPSA) is 46.2 Å². The third kappa shape index (κ3) is 4.03. The zero-order valence-corrected chi connectivity index (χ0v) is 11.7. The highest BCUT2D eigenvalue weighted by Gasteiger charge is 2.16. The number of hydrogen-bond acceptors (Lipinski definition) is 4. The highest BCUT2D eigenvalue weighted by atomic mass is 19.1. The molecule has 1 atom stereocenters. The Balaban J connectivity index is 1.91. The molecular formula is C14H21F2N3O. The van der Waals surface area contributed by atoms with Crippen LogP contribution in [0.5, 0.6) is 0 Å². The molecule has 6 heteroatoms. The fourth-order valence-electron chi connectivity index (χ4n) is 2.16. The van der Waals surface area contributed by atoms with Gasteiger partial charge in [0.2, 0.25) is 0 Å². The summed E-state index contributed by atoms with van der Waals surface area (Å²) >= 11 is 0. The quantitative estimate of drug-likeness (QED) is 0.808. The van der Waals surface area contributed by atoms with Gasteiger partial charge in [-0.05, 0) is 25.2 Å². The summed E-state index contributed by atoms with van der Waals surface area (Å²) in [7, 11) is 0. The van der Waals surface area contributed by atoms with Crippen LogP contribution in [0.15, 0.2) is 6.07 Å². The Labute approximate surface area is 117 Å². The second kappa shape index (κ2) is 7.38. The molecule has 112 valence electrons. The third-order valence-corrected chi connectivity index (χ3v) is 3.34. The summed E-state index contributed by atoms with van der Waals surface area (Å²) in [5, 5.41) is 5.78. The van der Waals surface area contributed by atoms with Gasteiger partial charge in [-0.15, -0.1) is 0 Å². The van der Waals surface area contributed by atoms with Crippen molar-refractivity contribution in [3.8, 4) is 0 Å². The second-order valence-corrected chi connectivity index (χ2v) is 5.02. The molecule has 2 rings (SSSR count). The molecule has 0 aromatic carbocycles. The first-order valence-corrected chi connectivity index (χ1v) is 7.12. The van der Waals surface area contributed by atoms with Crippen molar-refractivity contribution in [3.63, 3.8) is 0 Å². The van der Waals surface area contributed by atoms with E-state index in [-0.39, 0.29) is 11.6 Å². The van der Waals surface area contributed by atoms with Crippen molar-refractivity contribution in [2.75, 3.05) is 36.9 Å². The Kier molecular flexibility index (Phi) is 5.52. The zero-order chi connectivity index (χ0) is 14.4. The summed E-state index contributed by atoms with van der Waals surface area (Å²) in [5.74, 6) is -0.606. The number of nitrogens with one attached hydrogen (secondary N) is 2. The number of aromatic nitrogens is 1. The molecule has 1 fully saturated rings. The van der Waals surface area contributed by atoms with Crippen LogP contribution in [0.3, 0.4) is 0 Å². The SMILES string of the molecule is CCCNc1nc(NCCC2CCOC2)c(F)cc1F. The van der Waals surface area contributed by atoms with Crippen LogP contribution in [-0.2, 0) is 4.74 Å². The lowest BCUT2D eigenvalue weighted by molar-refractivity contribution is 0.185. The van der Waals surface area contributed by atoms with Crippen molar-refractivity contribution in [2.24, 2.45) is 5.92 Å². The van der Waals surface area contributed by atoms with E-state index < -0.39 is 11.6 Å². The molecule has 0 spiro atoms. The van der Waals surface area contributed by atoms with E-state index in [0.29, 0.717) is 19.0 Å². The molecule has 0 radical (unpaired) electrons. The third-order valence-electron chi connectivity index (χ3n) is 3.34. The van der Waals surface area contributed by atoms with Crippen LogP contribution < -0.4 is 10.6 Å². The molecule has 1 aliphatic rings. The highest BCUT2D eigenvalue weighted by molar-refractivity contribution is 5.47. The van der Waals surface area contributed by atoms with E-state index in [1.54, 1.807) is 0 Å². The van der Waals surface area contributed by atoms with Crippen molar-refractivity contribution in [1.82, 2.24) is 4.98 Å². The van der Waals surface area contributed by atoms with Gasteiger partial charge in [0, 0.05) is 32.4 Å². The van der Waals surface area contributed by atoms with Gasteiger partial charge in [0.1, 0.15) is 0 Å². The van der Waals surface area contributed by atoms with Gasteiger partial charge in [-0.1, -0.05) is 6.92 Å². The molecule has 1 saturated heterocycles. The summed E-state index contributed by atoms with van der Waals surface area (Å²) in [4.78, 5) is 3.97. The minimum absolute atomic E-state index is 0.0972. The van der Waals surface area contributed by atoms with Crippen molar-refractivity contribution >= 4 is 11.6 Å². The first kappa shape index (κ1) is 15.0. The summed E-state index contributed by atoms with van der Waals surface area (Å²) in [6.07, 6.45) is 2.80. The molecule has 1 unspecified atom stereocenters. The van der Waals surface area contributed by atoms with Crippen molar-refractivity contribution < 1.29 is 13.5 Å². The van der Waals surface area contributed by atoms with Crippen molar-refractivity contribution in [1.29, 1.82) is 0 Å². The average Bonchev–Trinajstić information content (AvgIpc) is 2.93. The maximum atomic E-state index is 13.6. The van der Waals surface area contributed by atoms with E-state index in [4.69, 9.17) is 4.74 Å². The first-order chi connectivity index (χ1) is 9.70. The largest absolute Gasteiger partial charge is 0.381 e. The van der Waals surface area contributed by atoms with E-state index in [0.717, 1.165) is 38.5 Å². The Bertz CT molecular complexity index is 437. The summed E-state index contributed by atoms with van der Waals surface area (Å²) in [6, 6.07) is 0.867. The number of hydrogen-bond donors (Lipinski definition) is 2. The van der Waals surface area contributed by atoms with Crippen LogP contribution in [0.25, 0.3) is 0 Å². The first-order valence-electron chi connectivity index (χ1n) is 7.12. The van der Waals surface area contributed by atoms with Crippen LogP contribution in [0, 0.1) is 17.6 Å². The van der Waals surface area contributed by atoms with Gasteiger partial charge in [0.05, 0.1) is 0 Å². The molecule has 1 aromatic rings. The van der Waals surface area contributed by atoms with Crippen LogP contribution in [0.1, 0.15) is 26.2 Å². The zero-order valence-electron chi connectivity index (χ0n) is 11.7. The molecule has 0 amide bonds. The van der Waals surface area contributed by atoms with Crippen molar-refractivity contribution in [3.05, 3.63) is 17.7 Å².